The fourth-order valence-corrected chi connectivity index (χ4v) is 4.12. The van der Waals surface area contributed by atoms with Crippen molar-refractivity contribution in [3.63, 3.8) is 0 Å². The summed E-state index contributed by atoms with van der Waals surface area (Å²) in [5, 5.41) is 9.83. The van der Waals surface area contributed by atoms with E-state index in [0.29, 0.717) is 19.6 Å². The van der Waals surface area contributed by atoms with Gasteiger partial charge in [0.2, 0.25) is 0 Å². The number of nitrogens with zero attached hydrogens (tertiary/aromatic N) is 1. The molecule has 0 aromatic heterocycles. The molecule has 146 valence electrons. The van der Waals surface area contributed by atoms with Gasteiger partial charge in [-0.2, -0.15) is 0 Å². The molecule has 3 nitrogen and oxygen atoms in total. The summed E-state index contributed by atoms with van der Waals surface area (Å²) >= 11 is 8.23. The van der Waals surface area contributed by atoms with Gasteiger partial charge in [-0.15, -0.1) is 11.8 Å². The zero-order valence-corrected chi connectivity index (χ0v) is 17.7. The molecule has 1 N–H and O–H groups in total. The third-order valence-electron chi connectivity index (χ3n) is 4.31. The van der Waals surface area contributed by atoms with Gasteiger partial charge >= 0.3 is 5.97 Å². The maximum absolute atomic E-state index is 11.1. The zero-order valence-electron chi connectivity index (χ0n) is 16.1. The number of hydrogen-bond donors (Lipinski definition) is 1. The van der Waals surface area contributed by atoms with Gasteiger partial charge < -0.3 is 5.11 Å². The number of rotatable bonds is 11. The summed E-state index contributed by atoms with van der Waals surface area (Å²) in [7, 11) is 0. The van der Waals surface area contributed by atoms with E-state index in [1.165, 1.54) is 23.3 Å². The summed E-state index contributed by atoms with van der Waals surface area (Å²) in [5.74, 6) is 0.348. The number of carboxylic acid groups (broad SMARTS) is 1. The lowest BCUT2D eigenvalue weighted by atomic mass is 10.1. The van der Waals surface area contributed by atoms with Crippen LogP contribution in [-0.2, 0) is 17.9 Å². The van der Waals surface area contributed by atoms with Crippen LogP contribution >= 0.6 is 23.4 Å². The second kappa shape index (κ2) is 11.4. The van der Waals surface area contributed by atoms with Crippen LogP contribution < -0.4 is 0 Å². The van der Waals surface area contributed by atoms with Crippen molar-refractivity contribution in [1.82, 2.24) is 4.90 Å². The number of carboxylic acids is 1. The molecule has 5 heteroatoms. The third kappa shape index (κ3) is 7.96. The summed E-state index contributed by atoms with van der Waals surface area (Å²) in [4.78, 5) is 14.5. The first-order valence-electron chi connectivity index (χ1n) is 9.39. The van der Waals surface area contributed by atoms with Crippen LogP contribution in [0.5, 0.6) is 0 Å². The lowest BCUT2D eigenvalue weighted by Gasteiger charge is -2.23. The summed E-state index contributed by atoms with van der Waals surface area (Å²) in [6.45, 7) is 6.08. The van der Waals surface area contributed by atoms with Crippen molar-refractivity contribution in [1.29, 1.82) is 0 Å². The Morgan fingerprint density at radius 2 is 2.00 bits per heavy atom. The molecule has 0 bridgehead atoms. The number of aliphatic carboxylic acids is 1. The fraction of sp³-hybridized carbons (Fsp3) is 0.409. The van der Waals surface area contributed by atoms with E-state index in [1.54, 1.807) is 0 Å². The minimum absolute atomic E-state index is 0.119. The van der Waals surface area contributed by atoms with Gasteiger partial charge in [-0.1, -0.05) is 54.8 Å². The highest BCUT2D eigenvalue weighted by atomic mass is 35.5. The van der Waals surface area contributed by atoms with Crippen molar-refractivity contribution >= 4 is 29.3 Å². The Labute approximate surface area is 171 Å². The van der Waals surface area contributed by atoms with E-state index in [1.807, 2.05) is 30.8 Å². The quantitative estimate of drug-likeness (QED) is 0.366. The van der Waals surface area contributed by atoms with Gasteiger partial charge in [0, 0.05) is 29.6 Å². The Morgan fingerprint density at radius 3 is 2.74 bits per heavy atom. The molecule has 0 atom stereocenters. The normalized spacial score (nSPS) is 11.1. The number of aryl methyl sites for hydroxylation is 1. The molecule has 0 unspecified atom stereocenters. The molecule has 0 saturated heterocycles. The van der Waals surface area contributed by atoms with E-state index in [0.717, 1.165) is 21.9 Å². The van der Waals surface area contributed by atoms with Crippen LogP contribution in [0, 0.1) is 6.92 Å². The Morgan fingerprint density at radius 1 is 1.19 bits per heavy atom. The predicted octanol–water partition coefficient (Wildman–Crippen LogP) is 6.02. The summed E-state index contributed by atoms with van der Waals surface area (Å²) < 4.78 is 0. The molecule has 0 heterocycles. The van der Waals surface area contributed by atoms with Crippen molar-refractivity contribution in [2.24, 2.45) is 0 Å². The summed E-state index contributed by atoms with van der Waals surface area (Å²) in [5.41, 5.74) is 3.39. The first-order chi connectivity index (χ1) is 13.0. The minimum atomic E-state index is -0.779. The van der Waals surface area contributed by atoms with Crippen LogP contribution in [0.15, 0.2) is 47.4 Å². The molecule has 0 aliphatic rings. The molecular weight excluding hydrogens is 378 g/mol. The van der Waals surface area contributed by atoms with Gasteiger partial charge in [0.05, 0.1) is 6.42 Å². The summed E-state index contributed by atoms with van der Waals surface area (Å²) in [6.07, 6.45) is 2.53. The molecular formula is C22H28ClNO2S. The topological polar surface area (TPSA) is 40.5 Å². The number of carbonyl (C=O) groups is 1. The number of unbranched alkanes of at least 4 members (excludes halogenated alkanes) is 1. The number of thioether (sulfide) groups is 1. The molecule has 2 aromatic rings. The second-order valence-electron chi connectivity index (χ2n) is 6.80. The molecule has 0 amide bonds. The largest absolute Gasteiger partial charge is 0.481 e. The van der Waals surface area contributed by atoms with Crippen LogP contribution in [0.4, 0.5) is 0 Å². The van der Waals surface area contributed by atoms with E-state index in [9.17, 15) is 4.79 Å². The van der Waals surface area contributed by atoms with E-state index in [-0.39, 0.29) is 6.42 Å². The second-order valence-corrected chi connectivity index (χ2v) is 8.37. The van der Waals surface area contributed by atoms with Crippen LogP contribution in [-0.4, -0.2) is 28.3 Å². The Hall–Kier alpha value is -1.49. The van der Waals surface area contributed by atoms with E-state index in [2.05, 4.69) is 42.2 Å². The van der Waals surface area contributed by atoms with E-state index < -0.39 is 5.97 Å². The third-order valence-corrected chi connectivity index (χ3v) is 5.76. The van der Waals surface area contributed by atoms with Gasteiger partial charge in [-0.25, -0.2) is 0 Å². The van der Waals surface area contributed by atoms with Gasteiger partial charge in [-0.3, -0.25) is 9.69 Å². The van der Waals surface area contributed by atoms with Gasteiger partial charge in [0.1, 0.15) is 0 Å². The maximum atomic E-state index is 11.1. The maximum Gasteiger partial charge on any atom is 0.304 e. The van der Waals surface area contributed by atoms with Gasteiger partial charge in [-0.05, 0) is 48.4 Å². The van der Waals surface area contributed by atoms with Crippen LogP contribution in [0.25, 0.3) is 0 Å². The molecule has 2 rings (SSSR count). The SMILES string of the molecule is CCCCSc1cccc(CN(CCC(=O)O)Cc2cc(C)ccc2Cl)c1. The average Bonchev–Trinajstić information content (AvgIpc) is 2.63. The number of hydrogen-bond acceptors (Lipinski definition) is 3. The fourth-order valence-electron chi connectivity index (χ4n) is 2.86. The standard InChI is InChI=1S/C22H28ClNO2S/c1-3-4-12-27-20-7-5-6-18(14-20)15-24(11-10-22(25)26)16-19-13-17(2)8-9-21(19)23/h5-9,13-14H,3-4,10-12,15-16H2,1-2H3,(H,25,26). The lowest BCUT2D eigenvalue weighted by molar-refractivity contribution is -0.137. The molecule has 0 aliphatic carbocycles. The monoisotopic (exact) mass is 405 g/mol. The molecule has 27 heavy (non-hydrogen) atoms. The highest BCUT2D eigenvalue weighted by molar-refractivity contribution is 7.99. The van der Waals surface area contributed by atoms with Gasteiger partial charge in [0.25, 0.3) is 0 Å². The first-order valence-corrected chi connectivity index (χ1v) is 10.7. The van der Waals surface area contributed by atoms with Crippen molar-refractivity contribution in [3.05, 3.63) is 64.2 Å². The van der Waals surface area contributed by atoms with Crippen LogP contribution in [0.2, 0.25) is 5.02 Å². The first kappa shape index (κ1) is 21.8. The van der Waals surface area contributed by atoms with Crippen molar-refractivity contribution in [3.8, 4) is 0 Å². The van der Waals surface area contributed by atoms with Crippen LogP contribution in [0.1, 0.15) is 42.9 Å². The number of benzene rings is 2. The van der Waals surface area contributed by atoms with Crippen molar-refractivity contribution in [2.45, 2.75) is 51.1 Å². The molecule has 0 radical (unpaired) electrons. The van der Waals surface area contributed by atoms with E-state index >= 15 is 0 Å². The Balaban J connectivity index is 2.10. The lowest BCUT2D eigenvalue weighted by Crippen LogP contribution is -2.26. The highest BCUT2D eigenvalue weighted by Crippen LogP contribution is 2.23. The molecule has 0 aliphatic heterocycles. The minimum Gasteiger partial charge on any atom is -0.481 e. The molecule has 2 aromatic carbocycles. The molecule has 0 saturated carbocycles. The van der Waals surface area contributed by atoms with Crippen molar-refractivity contribution in [2.75, 3.05) is 12.3 Å². The smallest absolute Gasteiger partial charge is 0.304 e. The Bertz CT molecular complexity index is 751. The zero-order chi connectivity index (χ0) is 19.6. The predicted molar refractivity (Wildman–Crippen MR) is 115 cm³/mol. The average molecular weight is 406 g/mol. The summed E-state index contributed by atoms with van der Waals surface area (Å²) in [6, 6.07) is 14.5. The highest BCUT2D eigenvalue weighted by Gasteiger charge is 2.12. The van der Waals surface area contributed by atoms with Gasteiger partial charge in [0.15, 0.2) is 0 Å². The Kier molecular flexibility index (Phi) is 9.19. The molecule has 0 fully saturated rings. The van der Waals surface area contributed by atoms with E-state index in [4.69, 9.17) is 16.7 Å². The van der Waals surface area contributed by atoms with Crippen LogP contribution in [0.3, 0.4) is 0 Å². The van der Waals surface area contributed by atoms with Crippen molar-refractivity contribution < 1.29 is 9.90 Å². The molecule has 0 spiro atoms. The number of halogens is 1.